The summed E-state index contributed by atoms with van der Waals surface area (Å²) in [7, 11) is 1.58. The maximum absolute atomic E-state index is 12.9. The van der Waals surface area contributed by atoms with E-state index in [0.717, 1.165) is 24.8 Å². The van der Waals surface area contributed by atoms with Gasteiger partial charge in [0.2, 0.25) is 11.8 Å². The van der Waals surface area contributed by atoms with Crippen molar-refractivity contribution in [3.63, 3.8) is 0 Å². The molecule has 0 aromatic heterocycles. The first kappa shape index (κ1) is 19.0. The average molecular weight is 383 g/mol. The minimum atomic E-state index is -0.242. The van der Waals surface area contributed by atoms with Crippen molar-refractivity contribution in [2.45, 2.75) is 45.4 Å². The lowest BCUT2D eigenvalue weighted by molar-refractivity contribution is -0.146. The number of aryl methyl sites for hydroxylation is 1. The second-order valence-corrected chi connectivity index (χ2v) is 9.04. The molecule has 150 valence electrons. The molecule has 3 amide bonds. The Bertz CT molecular complexity index is 782. The minimum absolute atomic E-state index is 0.0166. The summed E-state index contributed by atoms with van der Waals surface area (Å²) in [6.45, 7) is 1.83. The monoisotopic (exact) mass is 383 g/mol. The van der Waals surface area contributed by atoms with E-state index in [4.69, 9.17) is 0 Å². The van der Waals surface area contributed by atoms with Gasteiger partial charge in [-0.2, -0.15) is 0 Å². The van der Waals surface area contributed by atoms with Crippen molar-refractivity contribution in [3.8, 4) is 0 Å². The number of benzene rings is 1. The molecule has 4 fully saturated rings. The van der Waals surface area contributed by atoms with Crippen molar-refractivity contribution >= 4 is 23.4 Å². The van der Waals surface area contributed by atoms with Crippen LogP contribution in [0.5, 0.6) is 0 Å². The molecule has 0 heterocycles. The van der Waals surface area contributed by atoms with Crippen LogP contribution in [-0.4, -0.2) is 31.3 Å². The van der Waals surface area contributed by atoms with Crippen LogP contribution in [0.1, 0.15) is 54.4 Å². The van der Waals surface area contributed by atoms with Crippen molar-refractivity contribution in [3.05, 3.63) is 29.3 Å². The van der Waals surface area contributed by atoms with Crippen molar-refractivity contribution in [2.24, 2.45) is 23.2 Å². The summed E-state index contributed by atoms with van der Waals surface area (Å²) in [4.78, 5) is 37.0. The van der Waals surface area contributed by atoms with Gasteiger partial charge in [0.25, 0.3) is 5.91 Å². The number of carbonyl (C=O) groups is 3. The Labute approximate surface area is 165 Å². The number of nitrogens with one attached hydrogen (secondary N) is 3. The van der Waals surface area contributed by atoms with E-state index in [-0.39, 0.29) is 29.7 Å². The molecule has 4 aliphatic rings. The molecule has 0 radical (unpaired) electrons. The normalized spacial score (nSPS) is 30.0. The van der Waals surface area contributed by atoms with Crippen LogP contribution in [0.2, 0.25) is 0 Å². The molecular weight excluding hydrogens is 354 g/mol. The highest BCUT2D eigenvalue weighted by atomic mass is 16.2. The van der Waals surface area contributed by atoms with Gasteiger partial charge in [-0.3, -0.25) is 14.4 Å². The maximum atomic E-state index is 12.9. The van der Waals surface area contributed by atoms with E-state index in [2.05, 4.69) is 16.0 Å². The van der Waals surface area contributed by atoms with E-state index in [1.807, 2.05) is 6.92 Å². The fraction of sp³-hybridized carbons (Fsp3) is 0.591. The average Bonchev–Trinajstić information content (AvgIpc) is 2.66. The smallest absolute Gasteiger partial charge is 0.251 e. The SMILES string of the molecule is CNC(=O)c1ccc(NC(=O)CNC(=O)C23CC4CC(CC(C4)C2)C3)c(C)c1. The molecule has 4 aliphatic carbocycles. The molecule has 4 bridgehead atoms. The minimum Gasteiger partial charge on any atom is -0.355 e. The third-order valence-electron chi connectivity index (χ3n) is 6.92. The van der Waals surface area contributed by atoms with E-state index >= 15 is 0 Å². The Morgan fingerprint density at radius 2 is 1.64 bits per heavy atom. The Morgan fingerprint density at radius 3 is 2.18 bits per heavy atom. The summed E-state index contributed by atoms with van der Waals surface area (Å²) >= 11 is 0. The van der Waals surface area contributed by atoms with E-state index in [1.54, 1.807) is 25.2 Å². The van der Waals surface area contributed by atoms with E-state index < -0.39 is 0 Å². The summed E-state index contributed by atoms with van der Waals surface area (Å²) in [6, 6.07) is 5.14. The Hall–Kier alpha value is -2.37. The van der Waals surface area contributed by atoms with Gasteiger partial charge in [-0.05, 0) is 87.0 Å². The molecule has 0 unspecified atom stereocenters. The number of rotatable bonds is 5. The molecule has 4 saturated carbocycles. The molecule has 6 heteroatoms. The van der Waals surface area contributed by atoms with Crippen LogP contribution in [0.15, 0.2) is 18.2 Å². The second-order valence-electron chi connectivity index (χ2n) is 9.04. The molecule has 28 heavy (non-hydrogen) atoms. The molecule has 3 N–H and O–H groups in total. The van der Waals surface area contributed by atoms with Crippen molar-refractivity contribution in [2.75, 3.05) is 18.9 Å². The van der Waals surface area contributed by atoms with E-state index in [9.17, 15) is 14.4 Å². The zero-order chi connectivity index (χ0) is 19.9. The number of hydrogen-bond donors (Lipinski definition) is 3. The zero-order valence-corrected chi connectivity index (χ0v) is 16.6. The van der Waals surface area contributed by atoms with Crippen molar-refractivity contribution < 1.29 is 14.4 Å². The molecule has 0 atom stereocenters. The first-order valence-electron chi connectivity index (χ1n) is 10.3. The zero-order valence-electron chi connectivity index (χ0n) is 16.6. The summed E-state index contributed by atoms with van der Waals surface area (Å²) in [5.41, 5.74) is 1.77. The van der Waals surface area contributed by atoms with E-state index in [0.29, 0.717) is 29.0 Å². The van der Waals surface area contributed by atoms with Gasteiger partial charge in [0.05, 0.1) is 6.54 Å². The number of amides is 3. The molecule has 1 aromatic rings. The second kappa shape index (κ2) is 7.22. The fourth-order valence-electron chi connectivity index (χ4n) is 6.02. The first-order chi connectivity index (χ1) is 13.4. The van der Waals surface area contributed by atoms with Gasteiger partial charge in [0.1, 0.15) is 0 Å². The van der Waals surface area contributed by atoms with Crippen LogP contribution in [0.4, 0.5) is 5.69 Å². The third kappa shape index (κ3) is 3.52. The van der Waals surface area contributed by atoms with E-state index in [1.165, 1.54) is 19.3 Å². The van der Waals surface area contributed by atoms with Crippen LogP contribution in [0.25, 0.3) is 0 Å². The van der Waals surface area contributed by atoms with Gasteiger partial charge in [0.15, 0.2) is 0 Å². The predicted octanol–water partition coefficient (Wildman–Crippen LogP) is 2.63. The number of anilines is 1. The highest BCUT2D eigenvalue weighted by Gasteiger charge is 2.54. The van der Waals surface area contributed by atoms with Gasteiger partial charge >= 0.3 is 0 Å². The molecule has 0 aliphatic heterocycles. The summed E-state index contributed by atoms with van der Waals surface area (Å²) in [5.74, 6) is 1.76. The lowest BCUT2D eigenvalue weighted by Gasteiger charge is -2.55. The van der Waals surface area contributed by atoms with Crippen LogP contribution in [-0.2, 0) is 9.59 Å². The molecule has 5 rings (SSSR count). The Kier molecular flexibility index (Phi) is 4.89. The molecule has 0 saturated heterocycles. The van der Waals surface area contributed by atoms with Gasteiger partial charge in [0, 0.05) is 23.7 Å². The van der Waals surface area contributed by atoms with Crippen LogP contribution in [0, 0.1) is 30.1 Å². The number of carbonyl (C=O) groups excluding carboxylic acids is 3. The maximum Gasteiger partial charge on any atom is 0.251 e. The lowest BCUT2D eigenvalue weighted by Crippen LogP contribution is -2.54. The highest BCUT2D eigenvalue weighted by Crippen LogP contribution is 2.60. The Balaban J connectivity index is 1.34. The summed E-state index contributed by atoms with van der Waals surface area (Å²) in [5, 5.41) is 8.32. The van der Waals surface area contributed by atoms with Gasteiger partial charge < -0.3 is 16.0 Å². The number of hydrogen-bond acceptors (Lipinski definition) is 3. The topological polar surface area (TPSA) is 87.3 Å². The standard InChI is InChI=1S/C22H29N3O3/c1-13-5-17(20(27)23-2)3-4-18(13)25-19(26)12-24-21(28)22-9-14-6-15(10-22)8-16(7-14)11-22/h3-5,14-16H,6-12H2,1-2H3,(H,23,27)(H,24,28)(H,25,26). The largest absolute Gasteiger partial charge is 0.355 e. The third-order valence-corrected chi connectivity index (χ3v) is 6.92. The molecular formula is C22H29N3O3. The first-order valence-corrected chi connectivity index (χ1v) is 10.3. The van der Waals surface area contributed by atoms with Crippen LogP contribution in [0.3, 0.4) is 0 Å². The Morgan fingerprint density at radius 1 is 1.04 bits per heavy atom. The highest BCUT2D eigenvalue weighted by molar-refractivity contribution is 5.98. The fourth-order valence-corrected chi connectivity index (χ4v) is 6.02. The summed E-state index contributed by atoms with van der Waals surface area (Å²) < 4.78 is 0. The van der Waals surface area contributed by atoms with Crippen LogP contribution >= 0.6 is 0 Å². The quantitative estimate of drug-likeness (QED) is 0.730. The molecule has 1 aromatic carbocycles. The van der Waals surface area contributed by atoms with Gasteiger partial charge in [-0.1, -0.05) is 0 Å². The molecule has 0 spiro atoms. The van der Waals surface area contributed by atoms with Crippen molar-refractivity contribution in [1.82, 2.24) is 10.6 Å². The van der Waals surface area contributed by atoms with Gasteiger partial charge in [-0.25, -0.2) is 0 Å². The molecule has 6 nitrogen and oxygen atoms in total. The van der Waals surface area contributed by atoms with Crippen molar-refractivity contribution in [1.29, 1.82) is 0 Å². The predicted molar refractivity (Wildman–Crippen MR) is 107 cm³/mol. The summed E-state index contributed by atoms with van der Waals surface area (Å²) in [6.07, 6.45) is 6.85. The van der Waals surface area contributed by atoms with Gasteiger partial charge in [-0.15, -0.1) is 0 Å². The van der Waals surface area contributed by atoms with Crippen LogP contribution < -0.4 is 16.0 Å². The lowest BCUT2D eigenvalue weighted by atomic mass is 9.49.